The lowest BCUT2D eigenvalue weighted by molar-refractivity contribution is 0.329. The van der Waals surface area contributed by atoms with Gasteiger partial charge in [-0.05, 0) is 63.1 Å². The molecule has 4 nitrogen and oxygen atoms in total. The van der Waals surface area contributed by atoms with E-state index < -0.39 is 42.3 Å². The first kappa shape index (κ1) is 58.1. The molecule has 0 aliphatic heterocycles. The molecule has 0 amide bonds. The zero-order valence-electron chi connectivity index (χ0n) is 47.8. The van der Waals surface area contributed by atoms with Crippen molar-refractivity contribution in [2.75, 3.05) is 0 Å². The van der Waals surface area contributed by atoms with Gasteiger partial charge in [0.2, 0.25) is 8.32 Å². The highest BCUT2D eigenvalue weighted by Crippen LogP contribution is 2.31. The van der Waals surface area contributed by atoms with Gasteiger partial charge in [0.25, 0.3) is 8.32 Å². The highest BCUT2D eigenvalue weighted by atomic mass is 28.5. The second kappa shape index (κ2) is 27.8. The van der Waals surface area contributed by atoms with Crippen LogP contribution in [0.1, 0.15) is 44.9 Å². The van der Waals surface area contributed by atoms with Crippen molar-refractivity contribution in [3.05, 3.63) is 341 Å². The number of unbranched alkanes of at least 4 members (excludes halogenated alkanes) is 6. The number of hydrogen-bond acceptors (Lipinski definition) is 4. The van der Waals surface area contributed by atoms with Crippen LogP contribution in [-0.4, -0.2) is 42.3 Å². The van der Waals surface area contributed by atoms with Crippen LogP contribution in [0.2, 0.25) is 6.04 Å². The van der Waals surface area contributed by atoms with E-state index in [2.05, 4.69) is 341 Å². The maximum Gasteiger partial charge on any atom is 0.390 e. The van der Waals surface area contributed by atoms with Gasteiger partial charge in [-0.2, -0.15) is 0 Å². The molecule has 0 N–H and O–H groups in total. The SMILES string of the molecule is [CH2]CCCCCCCC[Si](O[Si](O[Si](O[Si](O[Si](c1ccccc1)(c1ccccc1)c1ccccc1)(c1ccccc1)c1ccccc1)(c1ccccc1)c1ccccc1)(c1ccccc1)c1ccccc1)(c1ccccc1)c1ccccc1. The maximum absolute atomic E-state index is 9.20. The van der Waals surface area contributed by atoms with Crippen molar-refractivity contribution in [2.24, 2.45) is 0 Å². The fourth-order valence-electron chi connectivity index (χ4n) is 12.1. The minimum Gasteiger partial charge on any atom is -0.422 e. The zero-order valence-corrected chi connectivity index (χ0v) is 52.8. The van der Waals surface area contributed by atoms with Gasteiger partial charge >= 0.3 is 25.7 Å². The Hall–Kier alpha value is -7.66. The summed E-state index contributed by atoms with van der Waals surface area (Å²) in [7, 11) is -20.0. The van der Waals surface area contributed by atoms with Crippen LogP contribution in [-0.2, 0) is 16.5 Å². The van der Waals surface area contributed by atoms with Crippen LogP contribution in [0.4, 0.5) is 0 Å². The maximum atomic E-state index is 9.20. The molecule has 0 bridgehead atoms. The lowest BCUT2D eigenvalue weighted by atomic mass is 10.1. The molecule has 1 radical (unpaired) electrons. The Bertz CT molecular complexity index is 3420. The minimum absolute atomic E-state index is 0.843. The molecule has 11 aromatic rings. The fraction of sp³-hybridized carbons (Fsp3) is 0.107. The Balaban J connectivity index is 1.26. The summed E-state index contributed by atoms with van der Waals surface area (Å²) in [6.45, 7) is 4.14. The summed E-state index contributed by atoms with van der Waals surface area (Å²) in [5, 5.41) is 11.5. The van der Waals surface area contributed by atoms with E-state index in [-0.39, 0.29) is 0 Å². The van der Waals surface area contributed by atoms with Crippen molar-refractivity contribution in [1.29, 1.82) is 0 Å². The number of benzene rings is 11. The molecular formula is C75H73O4Si5. The molecule has 84 heavy (non-hydrogen) atoms. The summed E-state index contributed by atoms with van der Waals surface area (Å²) < 4.78 is 36.4. The first-order valence-corrected chi connectivity index (χ1v) is 39.2. The summed E-state index contributed by atoms with van der Waals surface area (Å²) in [5.74, 6) is 0. The van der Waals surface area contributed by atoms with Gasteiger partial charge in [0, 0.05) is 0 Å². The second-order valence-corrected chi connectivity index (χ2v) is 38.4. The van der Waals surface area contributed by atoms with E-state index in [1.54, 1.807) is 0 Å². The predicted molar refractivity (Wildman–Crippen MR) is 362 cm³/mol. The van der Waals surface area contributed by atoms with Gasteiger partial charge in [-0.15, -0.1) is 0 Å². The van der Waals surface area contributed by atoms with Gasteiger partial charge in [0.15, 0.2) is 0 Å². The Labute approximate surface area is 504 Å². The molecule has 11 aromatic carbocycles. The third kappa shape index (κ3) is 12.3. The molecule has 11 rings (SSSR count). The van der Waals surface area contributed by atoms with E-state index in [0.29, 0.717) is 0 Å². The van der Waals surface area contributed by atoms with Gasteiger partial charge in [-0.3, -0.25) is 0 Å². The van der Waals surface area contributed by atoms with E-state index in [1.807, 2.05) is 0 Å². The average Bonchev–Trinajstić information content (AvgIpc) is 1.45. The van der Waals surface area contributed by atoms with E-state index >= 15 is 0 Å². The Morgan fingerprint density at radius 2 is 0.405 bits per heavy atom. The van der Waals surface area contributed by atoms with Crippen LogP contribution in [0.15, 0.2) is 334 Å². The summed E-state index contributed by atoms with van der Waals surface area (Å²) in [5.41, 5.74) is 0. The largest absolute Gasteiger partial charge is 0.422 e. The third-order valence-corrected chi connectivity index (χ3v) is 39.3. The van der Waals surface area contributed by atoms with Crippen molar-refractivity contribution in [1.82, 2.24) is 0 Å². The number of hydrogen-bond donors (Lipinski definition) is 0. The molecule has 417 valence electrons. The van der Waals surface area contributed by atoms with Crippen LogP contribution in [0.3, 0.4) is 0 Å². The van der Waals surface area contributed by atoms with Gasteiger partial charge in [0.1, 0.15) is 0 Å². The van der Waals surface area contributed by atoms with Crippen LogP contribution in [0.25, 0.3) is 0 Å². The summed E-state index contributed by atoms with van der Waals surface area (Å²) in [6, 6.07) is 121. The smallest absolute Gasteiger partial charge is 0.390 e. The normalized spacial score (nSPS) is 12.2. The van der Waals surface area contributed by atoms with Gasteiger partial charge in [-0.25, -0.2) is 0 Å². The predicted octanol–water partition coefficient (Wildman–Crippen LogP) is 10.8. The van der Waals surface area contributed by atoms with Gasteiger partial charge in [0.05, 0.1) is 0 Å². The van der Waals surface area contributed by atoms with Crippen molar-refractivity contribution in [3.8, 4) is 0 Å². The summed E-state index contributed by atoms with van der Waals surface area (Å²) in [4.78, 5) is 0. The van der Waals surface area contributed by atoms with Crippen LogP contribution >= 0.6 is 0 Å². The van der Waals surface area contributed by atoms with Crippen molar-refractivity contribution < 1.29 is 16.5 Å². The Kier molecular flexibility index (Phi) is 19.3. The fourth-order valence-corrected chi connectivity index (χ4v) is 39.9. The lowest BCUT2D eigenvalue weighted by Gasteiger charge is -2.50. The van der Waals surface area contributed by atoms with E-state index in [0.717, 1.165) is 84.8 Å². The Morgan fingerprint density at radius 3 is 0.667 bits per heavy atom. The average molecular weight is 1180 g/mol. The molecular weight excluding hydrogens is 1110 g/mol. The van der Waals surface area contributed by atoms with Crippen LogP contribution < -0.4 is 57.1 Å². The molecule has 0 heterocycles. The first-order valence-electron chi connectivity index (χ1n) is 29.8. The molecule has 0 atom stereocenters. The Morgan fingerprint density at radius 1 is 0.202 bits per heavy atom. The van der Waals surface area contributed by atoms with E-state index in [4.69, 9.17) is 8.23 Å². The third-order valence-electron chi connectivity index (χ3n) is 16.2. The topological polar surface area (TPSA) is 36.9 Å². The summed E-state index contributed by atoms with van der Waals surface area (Å²) >= 11 is 0. The highest BCUT2D eigenvalue weighted by molar-refractivity contribution is 7.17. The van der Waals surface area contributed by atoms with Crippen molar-refractivity contribution in [2.45, 2.75) is 51.0 Å². The van der Waals surface area contributed by atoms with Crippen LogP contribution in [0.5, 0.6) is 0 Å². The van der Waals surface area contributed by atoms with E-state index in [1.165, 1.54) is 23.2 Å². The minimum atomic E-state index is -4.40. The molecule has 0 saturated heterocycles. The quantitative estimate of drug-likeness (QED) is 0.0292. The summed E-state index contributed by atoms with van der Waals surface area (Å²) in [6.07, 6.45) is 7.75. The lowest BCUT2D eigenvalue weighted by Crippen LogP contribution is -2.85. The zero-order chi connectivity index (χ0) is 57.2. The van der Waals surface area contributed by atoms with Gasteiger partial charge in [-0.1, -0.05) is 386 Å². The molecule has 0 aliphatic carbocycles. The van der Waals surface area contributed by atoms with Gasteiger partial charge < -0.3 is 16.5 Å². The van der Waals surface area contributed by atoms with E-state index in [9.17, 15) is 8.23 Å². The molecule has 0 saturated carbocycles. The molecule has 0 spiro atoms. The highest BCUT2D eigenvalue weighted by Gasteiger charge is 2.64. The monoisotopic (exact) mass is 1180 g/mol. The van der Waals surface area contributed by atoms with Crippen molar-refractivity contribution in [3.63, 3.8) is 0 Å². The number of rotatable bonds is 27. The molecule has 0 aromatic heterocycles. The molecule has 9 heteroatoms. The molecule has 0 unspecified atom stereocenters. The molecule has 0 fully saturated rings. The van der Waals surface area contributed by atoms with Crippen LogP contribution in [0, 0.1) is 6.92 Å². The van der Waals surface area contributed by atoms with Crippen molar-refractivity contribution >= 4 is 99.4 Å². The molecule has 0 aliphatic rings. The first-order chi connectivity index (χ1) is 41.5. The standard InChI is InChI=1S/C75H73O4Si5/c1-2-3-4-5-6-7-41-64-80(65-42-19-8-20-43-65,66-44-21-9-22-45-66)76-82(70-52-29-13-30-53-70,71-54-31-14-32-55-71)78-84(74-60-37-17-38-61-74,75-62-39-18-40-63-75)79-83(72-56-33-15-34-57-72,73-58-35-16-36-59-73)77-81(67-46-23-10-24-47-67,68-48-25-11-26-49-68)69-50-27-12-28-51-69/h8-40,42-63H,1-7,41,64H2. The second-order valence-electron chi connectivity index (χ2n) is 21.5.